The number of nitrogens with one attached hydrogen (secondary N) is 1. The van der Waals surface area contributed by atoms with E-state index in [-0.39, 0.29) is 0 Å². The molecule has 100 valence electrons. The maximum Gasteiger partial charge on any atom is 0.0672 e. The van der Waals surface area contributed by atoms with Gasteiger partial charge < -0.3 is 10.1 Å². The number of ether oxygens (including phenoxy) is 1. The molecule has 0 spiro atoms. The van der Waals surface area contributed by atoms with Crippen LogP contribution in [0.15, 0.2) is 12.2 Å². The van der Waals surface area contributed by atoms with Gasteiger partial charge in [0.2, 0.25) is 0 Å². The Morgan fingerprint density at radius 2 is 2.29 bits per heavy atom. The van der Waals surface area contributed by atoms with Crippen LogP contribution in [0.3, 0.4) is 0 Å². The molecule has 0 amide bonds. The van der Waals surface area contributed by atoms with Crippen LogP contribution >= 0.6 is 0 Å². The summed E-state index contributed by atoms with van der Waals surface area (Å²) >= 11 is 0. The quantitative estimate of drug-likeness (QED) is 0.544. The topological polar surface area (TPSA) is 24.5 Å². The third-order valence-corrected chi connectivity index (χ3v) is 3.29. The van der Waals surface area contributed by atoms with Crippen molar-refractivity contribution < 1.29 is 4.74 Å². The average Bonchev–Trinajstić information content (AvgIpc) is 2.28. The molecule has 0 aromatic carbocycles. The predicted octanol–water partition coefficient (Wildman–Crippen LogP) is 2.04. The average molecular weight is 240 g/mol. The van der Waals surface area contributed by atoms with Crippen molar-refractivity contribution in [1.82, 2.24) is 10.2 Å². The summed E-state index contributed by atoms with van der Waals surface area (Å²) in [5, 5.41) is 3.61. The predicted molar refractivity (Wildman–Crippen MR) is 73.4 cm³/mol. The van der Waals surface area contributed by atoms with Crippen LogP contribution in [-0.2, 0) is 4.74 Å². The standard InChI is InChI=1S/C14H28N2O/c1-5-6-14-10-16(13(4)9-15-14)7-8-17-11-12(2)3/h13-15H,2,5-11H2,1,3-4H3. The molecule has 0 saturated carbocycles. The van der Waals surface area contributed by atoms with Crippen molar-refractivity contribution >= 4 is 0 Å². The maximum absolute atomic E-state index is 5.58. The SMILES string of the molecule is C=C(C)COCCN1CC(CCC)NCC1C. The van der Waals surface area contributed by atoms with E-state index in [1.807, 2.05) is 6.92 Å². The van der Waals surface area contributed by atoms with E-state index < -0.39 is 0 Å². The van der Waals surface area contributed by atoms with Crippen LogP contribution in [0.1, 0.15) is 33.6 Å². The van der Waals surface area contributed by atoms with Gasteiger partial charge in [-0.25, -0.2) is 0 Å². The molecule has 3 nitrogen and oxygen atoms in total. The van der Waals surface area contributed by atoms with Crippen molar-refractivity contribution in [2.45, 2.75) is 45.7 Å². The number of rotatable bonds is 7. The molecule has 17 heavy (non-hydrogen) atoms. The Kier molecular flexibility index (Phi) is 6.78. The highest BCUT2D eigenvalue weighted by molar-refractivity contribution is 4.87. The van der Waals surface area contributed by atoms with Gasteiger partial charge in [0, 0.05) is 31.7 Å². The van der Waals surface area contributed by atoms with Crippen LogP contribution in [0.2, 0.25) is 0 Å². The molecule has 2 unspecified atom stereocenters. The van der Waals surface area contributed by atoms with E-state index in [4.69, 9.17) is 4.74 Å². The first-order valence-corrected chi connectivity index (χ1v) is 6.83. The van der Waals surface area contributed by atoms with E-state index in [9.17, 15) is 0 Å². The Morgan fingerprint density at radius 1 is 1.53 bits per heavy atom. The zero-order chi connectivity index (χ0) is 12.7. The third-order valence-electron chi connectivity index (χ3n) is 3.29. The lowest BCUT2D eigenvalue weighted by Gasteiger charge is -2.38. The lowest BCUT2D eigenvalue weighted by Crippen LogP contribution is -2.55. The normalized spacial score (nSPS) is 26.1. The van der Waals surface area contributed by atoms with Crippen molar-refractivity contribution in [3.05, 3.63) is 12.2 Å². The first kappa shape index (κ1) is 14.7. The van der Waals surface area contributed by atoms with Gasteiger partial charge in [-0.1, -0.05) is 25.5 Å². The summed E-state index contributed by atoms with van der Waals surface area (Å²) in [6.07, 6.45) is 2.53. The van der Waals surface area contributed by atoms with E-state index >= 15 is 0 Å². The van der Waals surface area contributed by atoms with Gasteiger partial charge in [-0.3, -0.25) is 4.90 Å². The Balaban J connectivity index is 2.22. The second-order valence-corrected chi connectivity index (χ2v) is 5.25. The summed E-state index contributed by atoms with van der Waals surface area (Å²) in [6, 6.07) is 1.29. The molecule has 0 bridgehead atoms. The number of hydrogen-bond acceptors (Lipinski definition) is 3. The van der Waals surface area contributed by atoms with Crippen LogP contribution in [0.4, 0.5) is 0 Å². The van der Waals surface area contributed by atoms with E-state index in [0.717, 1.165) is 31.8 Å². The molecule has 1 N–H and O–H groups in total. The molecule has 1 aliphatic heterocycles. The van der Waals surface area contributed by atoms with E-state index in [1.54, 1.807) is 0 Å². The molecule has 2 atom stereocenters. The van der Waals surface area contributed by atoms with Crippen LogP contribution < -0.4 is 5.32 Å². The van der Waals surface area contributed by atoms with Gasteiger partial charge in [0.05, 0.1) is 13.2 Å². The van der Waals surface area contributed by atoms with E-state index in [2.05, 4.69) is 30.6 Å². The molecular weight excluding hydrogens is 212 g/mol. The molecule has 0 aromatic heterocycles. The lowest BCUT2D eigenvalue weighted by molar-refractivity contribution is 0.0779. The van der Waals surface area contributed by atoms with Gasteiger partial charge in [0.15, 0.2) is 0 Å². The Morgan fingerprint density at radius 3 is 2.94 bits per heavy atom. The van der Waals surface area contributed by atoms with Crippen LogP contribution in [0.5, 0.6) is 0 Å². The van der Waals surface area contributed by atoms with Crippen LogP contribution in [0, 0.1) is 0 Å². The molecule has 0 aliphatic carbocycles. The van der Waals surface area contributed by atoms with Gasteiger partial charge in [-0.05, 0) is 20.3 Å². The number of nitrogens with zero attached hydrogens (tertiary/aromatic N) is 1. The number of piperazine rings is 1. The van der Waals surface area contributed by atoms with Gasteiger partial charge in [-0.15, -0.1) is 0 Å². The van der Waals surface area contributed by atoms with Crippen molar-refractivity contribution in [3.63, 3.8) is 0 Å². The highest BCUT2D eigenvalue weighted by Gasteiger charge is 2.23. The highest BCUT2D eigenvalue weighted by Crippen LogP contribution is 2.10. The Labute approximate surface area is 106 Å². The zero-order valence-corrected chi connectivity index (χ0v) is 11.7. The first-order chi connectivity index (χ1) is 8.13. The highest BCUT2D eigenvalue weighted by atomic mass is 16.5. The lowest BCUT2D eigenvalue weighted by atomic mass is 10.1. The molecule has 1 aliphatic rings. The summed E-state index contributed by atoms with van der Waals surface area (Å²) in [6.45, 7) is 15.2. The van der Waals surface area contributed by atoms with Crippen LogP contribution in [0.25, 0.3) is 0 Å². The van der Waals surface area contributed by atoms with E-state index in [1.165, 1.54) is 12.8 Å². The van der Waals surface area contributed by atoms with Crippen molar-refractivity contribution in [2.75, 3.05) is 32.8 Å². The molecule has 0 radical (unpaired) electrons. The largest absolute Gasteiger partial charge is 0.376 e. The Bertz CT molecular complexity index is 230. The van der Waals surface area contributed by atoms with Gasteiger partial charge in [-0.2, -0.15) is 0 Å². The minimum atomic E-state index is 0.622. The summed E-state index contributed by atoms with van der Waals surface area (Å²) in [4.78, 5) is 2.54. The minimum Gasteiger partial charge on any atom is -0.376 e. The molecule has 3 heteroatoms. The van der Waals surface area contributed by atoms with Gasteiger partial charge in [0.1, 0.15) is 0 Å². The summed E-state index contributed by atoms with van der Waals surface area (Å²) < 4.78 is 5.58. The zero-order valence-electron chi connectivity index (χ0n) is 11.7. The molecule has 1 rings (SSSR count). The summed E-state index contributed by atoms with van der Waals surface area (Å²) in [5.74, 6) is 0. The molecular formula is C14H28N2O. The Hall–Kier alpha value is -0.380. The third kappa shape index (κ3) is 5.66. The first-order valence-electron chi connectivity index (χ1n) is 6.83. The second-order valence-electron chi connectivity index (χ2n) is 5.25. The van der Waals surface area contributed by atoms with Gasteiger partial charge in [0.25, 0.3) is 0 Å². The minimum absolute atomic E-state index is 0.622. The fraction of sp³-hybridized carbons (Fsp3) is 0.857. The van der Waals surface area contributed by atoms with E-state index in [0.29, 0.717) is 18.7 Å². The smallest absolute Gasteiger partial charge is 0.0672 e. The van der Waals surface area contributed by atoms with Crippen molar-refractivity contribution in [2.24, 2.45) is 0 Å². The van der Waals surface area contributed by atoms with Crippen LogP contribution in [-0.4, -0.2) is 49.8 Å². The van der Waals surface area contributed by atoms with Gasteiger partial charge >= 0.3 is 0 Å². The molecule has 0 aromatic rings. The molecule has 1 fully saturated rings. The number of hydrogen-bond donors (Lipinski definition) is 1. The molecule has 1 saturated heterocycles. The molecule has 1 heterocycles. The summed E-state index contributed by atoms with van der Waals surface area (Å²) in [7, 11) is 0. The second kappa shape index (κ2) is 7.85. The fourth-order valence-corrected chi connectivity index (χ4v) is 2.28. The monoisotopic (exact) mass is 240 g/mol. The van der Waals surface area contributed by atoms with Crippen molar-refractivity contribution in [1.29, 1.82) is 0 Å². The maximum atomic E-state index is 5.58. The fourth-order valence-electron chi connectivity index (χ4n) is 2.28. The summed E-state index contributed by atoms with van der Waals surface area (Å²) in [5.41, 5.74) is 1.10. The van der Waals surface area contributed by atoms with Crippen molar-refractivity contribution in [3.8, 4) is 0 Å².